The van der Waals surface area contributed by atoms with Crippen LogP contribution in [0, 0.1) is 0 Å². The Labute approximate surface area is 239 Å². The van der Waals surface area contributed by atoms with Crippen LogP contribution >= 0.6 is 0 Å². The first-order chi connectivity index (χ1) is 19.7. The van der Waals surface area contributed by atoms with Crippen LogP contribution in [-0.2, 0) is 23.9 Å². The number of carbonyl (C=O) groups excluding carboxylic acids is 1. The first-order valence-corrected chi connectivity index (χ1v) is 14.2. The fourth-order valence-corrected chi connectivity index (χ4v) is 5.65. The number of aromatic nitrogens is 7. The zero-order chi connectivity index (χ0) is 28.6. The molecule has 0 saturated carbocycles. The SMILES string of the molecule is Cn1cc(Nc2nccc(-c3ccc4c(c3)CN([C@H]3CCOC3)CC[C@@H]4CC(=O)c3cn(C(C)(C)C)nn3)n2)cn1. The molecule has 4 aromatic rings. The molecule has 214 valence electrons. The number of nitrogens with one attached hydrogen (secondary N) is 1. The summed E-state index contributed by atoms with van der Waals surface area (Å²) in [6.07, 6.45) is 9.49. The van der Waals surface area contributed by atoms with E-state index >= 15 is 0 Å². The van der Waals surface area contributed by atoms with Crippen molar-refractivity contribution in [3.8, 4) is 11.3 Å². The number of ether oxygens (including phenoxy) is 1. The molecule has 0 radical (unpaired) electrons. The average Bonchev–Trinajstić information content (AvgIpc) is 3.71. The topological polar surface area (TPSA) is 116 Å². The second-order valence-corrected chi connectivity index (χ2v) is 12.0. The summed E-state index contributed by atoms with van der Waals surface area (Å²) in [6, 6.07) is 8.83. The van der Waals surface area contributed by atoms with Crippen LogP contribution in [0.25, 0.3) is 11.3 Å². The first-order valence-electron chi connectivity index (χ1n) is 14.2. The lowest BCUT2D eigenvalue weighted by Crippen LogP contribution is -2.35. The molecule has 2 aliphatic rings. The van der Waals surface area contributed by atoms with Crippen molar-refractivity contribution in [1.82, 2.24) is 39.6 Å². The Bertz CT molecular complexity index is 1530. The minimum Gasteiger partial charge on any atom is -0.380 e. The van der Waals surface area contributed by atoms with Crippen LogP contribution in [0.3, 0.4) is 0 Å². The van der Waals surface area contributed by atoms with E-state index in [2.05, 4.69) is 48.8 Å². The van der Waals surface area contributed by atoms with Crippen LogP contribution in [0.15, 0.2) is 49.1 Å². The molecule has 6 rings (SSSR count). The smallest absolute Gasteiger partial charge is 0.227 e. The molecule has 11 heteroatoms. The molecular formula is C30H37N9O2. The van der Waals surface area contributed by atoms with Crippen molar-refractivity contribution >= 4 is 17.4 Å². The summed E-state index contributed by atoms with van der Waals surface area (Å²) < 4.78 is 9.22. The Kier molecular flexibility index (Phi) is 7.39. The summed E-state index contributed by atoms with van der Waals surface area (Å²) in [5.74, 6) is 0.633. The summed E-state index contributed by atoms with van der Waals surface area (Å²) in [5.41, 5.74) is 5.32. The second-order valence-electron chi connectivity index (χ2n) is 12.0. The third-order valence-electron chi connectivity index (χ3n) is 7.95. The summed E-state index contributed by atoms with van der Waals surface area (Å²) in [7, 11) is 1.87. The molecule has 2 atom stereocenters. The number of ketones is 1. The average molecular weight is 556 g/mol. The van der Waals surface area contributed by atoms with Crippen molar-refractivity contribution in [2.75, 3.05) is 25.1 Å². The van der Waals surface area contributed by atoms with E-state index in [4.69, 9.17) is 9.72 Å². The normalized spacial score (nSPS) is 19.6. The van der Waals surface area contributed by atoms with Crippen LogP contribution < -0.4 is 5.32 Å². The van der Waals surface area contributed by atoms with Gasteiger partial charge in [-0.2, -0.15) is 5.10 Å². The number of hydrogen-bond acceptors (Lipinski definition) is 9. The van der Waals surface area contributed by atoms with Crippen LogP contribution in [0.4, 0.5) is 11.6 Å². The highest BCUT2D eigenvalue weighted by molar-refractivity contribution is 5.94. The summed E-state index contributed by atoms with van der Waals surface area (Å²) in [6.45, 7) is 9.42. The number of carbonyl (C=O) groups is 1. The number of nitrogens with zero attached hydrogens (tertiary/aromatic N) is 8. The maximum atomic E-state index is 13.4. The molecule has 3 aromatic heterocycles. The third kappa shape index (κ3) is 6.06. The maximum Gasteiger partial charge on any atom is 0.227 e. The van der Waals surface area contributed by atoms with Crippen molar-refractivity contribution < 1.29 is 9.53 Å². The van der Waals surface area contributed by atoms with Gasteiger partial charge in [-0.3, -0.25) is 14.4 Å². The van der Waals surface area contributed by atoms with Crippen molar-refractivity contribution in [3.05, 3.63) is 65.9 Å². The largest absolute Gasteiger partial charge is 0.380 e. The van der Waals surface area contributed by atoms with Gasteiger partial charge in [-0.25, -0.2) is 14.6 Å². The van der Waals surface area contributed by atoms with E-state index in [0.29, 0.717) is 24.1 Å². The van der Waals surface area contributed by atoms with Gasteiger partial charge >= 0.3 is 0 Å². The fourth-order valence-electron chi connectivity index (χ4n) is 5.65. The number of hydrogen-bond donors (Lipinski definition) is 1. The van der Waals surface area contributed by atoms with E-state index in [-0.39, 0.29) is 17.2 Å². The summed E-state index contributed by atoms with van der Waals surface area (Å²) in [5, 5.41) is 15.9. The number of benzene rings is 1. The van der Waals surface area contributed by atoms with Gasteiger partial charge in [-0.1, -0.05) is 17.3 Å². The zero-order valence-electron chi connectivity index (χ0n) is 24.1. The molecule has 1 N–H and O–H groups in total. The standard InChI is InChI=1S/C30H37N9O2/c1-30(2,3)39-18-27(35-36-39)28(40)14-20-8-11-38(24-9-12-41-19-24)16-22-13-21(5-6-25(20)22)26-7-10-31-29(34-26)33-23-15-32-37(4)17-23/h5-7,10,13,15,17-18,20,24H,8-9,11-12,14,16,19H2,1-4H3,(H,31,33,34)/t20-,24+/m1/s1. The van der Waals surface area contributed by atoms with Gasteiger partial charge in [-0.15, -0.1) is 5.10 Å². The maximum absolute atomic E-state index is 13.4. The van der Waals surface area contributed by atoms with Gasteiger partial charge < -0.3 is 10.1 Å². The van der Waals surface area contributed by atoms with Gasteiger partial charge in [-0.05, 0) is 69.3 Å². The van der Waals surface area contributed by atoms with Gasteiger partial charge in [0, 0.05) is 50.6 Å². The molecule has 0 bridgehead atoms. The number of fused-ring (bicyclic) bond motifs is 1. The molecule has 2 aliphatic heterocycles. The van der Waals surface area contributed by atoms with Crippen molar-refractivity contribution in [2.24, 2.45) is 7.05 Å². The van der Waals surface area contributed by atoms with Gasteiger partial charge in [0.05, 0.1) is 35.9 Å². The lowest BCUT2D eigenvalue weighted by atomic mass is 9.87. The van der Waals surface area contributed by atoms with Gasteiger partial charge in [0.1, 0.15) is 5.69 Å². The van der Waals surface area contributed by atoms with E-state index in [1.165, 1.54) is 11.1 Å². The molecule has 1 saturated heterocycles. The number of aryl methyl sites for hydroxylation is 1. The third-order valence-corrected chi connectivity index (χ3v) is 7.95. The van der Waals surface area contributed by atoms with E-state index < -0.39 is 0 Å². The van der Waals surface area contributed by atoms with Gasteiger partial charge in [0.2, 0.25) is 5.95 Å². The quantitative estimate of drug-likeness (QED) is 0.333. The molecule has 1 fully saturated rings. The minimum atomic E-state index is -0.227. The highest BCUT2D eigenvalue weighted by Crippen LogP contribution is 2.36. The second kappa shape index (κ2) is 11.1. The predicted octanol–water partition coefficient (Wildman–Crippen LogP) is 4.32. The van der Waals surface area contributed by atoms with Gasteiger partial charge in [0.15, 0.2) is 5.78 Å². The lowest BCUT2D eigenvalue weighted by Gasteiger charge is -2.26. The molecular weight excluding hydrogens is 518 g/mol. The molecule has 0 aliphatic carbocycles. The Morgan fingerprint density at radius 3 is 2.78 bits per heavy atom. The summed E-state index contributed by atoms with van der Waals surface area (Å²) >= 11 is 0. The first kappa shape index (κ1) is 27.2. The molecule has 0 unspecified atom stereocenters. The minimum absolute atomic E-state index is 0.0279. The van der Waals surface area contributed by atoms with Crippen LogP contribution in [0.1, 0.15) is 67.6 Å². The summed E-state index contributed by atoms with van der Waals surface area (Å²) in [4.78, 5) is 25.1. The van der Waals surface area contributed by atoms with E-state index in [1.807, 2.05) is 40.1 Å². The highest BCUT2D eigenvalue weighted by atomic mass is 16.5. The van der Waals surface area contributed by atoms with Crippen molar-refractivity contribution in [2.45, 2.75) is 64.1 Å². The Balaban J connectivity index is 1.28. The Morgan fingerprint density at radius 1 is 1.17 bits per heavy atom. The molecule has 0 spiro atoms. The van der Waals surface area contributed by atoms with Gasteiger partial charge in [0.25, 0.3) is 0 Å². The molecule has 1 aromatic carbocycles. The van der Waals surface area contributed by atoms with Crippen molar-refractivity contribution in [3.63, 3.8) is 0 Å². The lowest BCUT2D eigenvalue weighted by molar-refractivity contribution is 0.0963. The molecule has 11 nitrogen and oxygen atoms in total. The monoisotopic (exact) mass is 555 g/mol. The van der Waals surface area contributed by atoms with Crippen LogP contribution in [-0.4, -0.2) is 71.2 Å². The van der Waals surface area contributed by atoms with E-state index in [9.17, 15) is 4.79 Å². The molecule has 0 amide bonds. The van der Waals surface area contributed by atoms with Crippen molar-refractivity contribution in [1.29, 1.82) is 0 Å². The van der Waals surface area contributed by atoms with E-state index in [1.54, 1.807) is 28.0 Å². The number of Topliss-reactive ketones (excluding diaryl/α,β-unsaturated/α-hetero) is 1. The fraction of sp³-hybridized carbons (Fsp3) is 0.467. The molecule has 41 heavy (non-hydrogen) atoms. The number of anilines is 2. The zero-order valence-corrected chi connectivity index (χ0v) is 24.1. The van der Waals surface area contributed by atoms with Crippen LogP contribution in [0.2, 0.25) is 0 Å². The molecule has 5 heterocycles. The van der Waals surface area contributed by atoms with Crippen LogP contribution in [0.5, 0.6) is 0 Å². The Morgan fingerprint density at radius 2 is 2.05 bits per heavy atom. The highest BCUT2D eigenvalue weighted by Gasteiger charge is 2.31. The Hall–Kier alpha value is -3.96. The predicted molar refractivity (Wildman–Crippen MR) is 155 cm³/mol. The van der Waals surface area contributed by atoms with E-state index in [0.717, 1.165) is 56.1 Å². The number of rotatable bonds is 7.